The molecular weight excluding hydrogens is 252 g/mol. The van der Waals surface area contributed by atoms with Crippen molar-refractivity contribution in [2.75, 3.05) is 26.0 Å². The maximum absolute atomic E-state index is 12.2. The summed E-state index contributed by atoms with van der Waals surface area (Å²) in [4.78, 5) is 15.4. The van der Waals surface area contributed by atoms with Gasteiger partial charge in [-0.15, -0.1) is 0 Å². The van der Waals surface area contributed by atoms with Crippen LogP contribution in [0.15, 0.2) is 18.2 Å². The number of benzene rings is 1. The van der Waals surface area contributed by atoms with Crippen LogP contribution in [0.4, 0.5) is 10.5 Å². The highest BCUT2D eigenvalue weighted by atomic mass is 16.2. The second-order valence-corrected chi connectivity index (χ2v) is 4.86. The minimum absolute atomic E-state index is 0.0777. The molecule has 110 valence electrons. The van der Waals surface area contributed by atoms with E-state index in [2.05, 4.69) is 19.2 Å². The fourth-order valence-electron chi connectivity index (χ4n) is 2.04. The van der Waals surface area contributed by atoms with Crippen LogP contribution in [0.2, 0.25) is 0 Å². The predicted molar refractivity (Wildman–Crippen MR) is 83.5 cm³/mol. The van der Waals surface area contributed by atoms with Gasteiger partial charge in [0, 0.05) is 21.1 Å². The Morgan fingerprint density at radius 1 is 1.15 bits per heavy atom. The summed E-state index contributed by atoms with van der Waals surface area (Å²) in [6.45, 7) is 4.15. The van der Waals surface area contributed by atoms with Gasteiger partial charge in [0.2, 0.25) is 0 Å². The number of carbonyl (C=O) groups is 1. The number of anilines is 1. The van der Waals surface area contributed by atoms with E-state index in [1.54, 1.807) is 30.9 Å². The fraction of sp³-hybridized carbons (Fsp3) is 0.467. The van der Waals surface area contributed by atoms with Gasteiger partial charge in [-0.2, -0.15) is 0 Å². The molecule has 0 aliphatic carbocycles. The molecule has 1 aromatic carbocycles. The molecule has 2 amide bonds. The van der Waals surface area contributed by atoms with Gasteiger partial charge in [-0.3, -0.25) is 15.6 Å². The molecule has 0 bridgehead atoms. The van der Waals surface area contributed by atoms with Gasteiger partial charge < -0.3 is 4.90 Å². The Morgan fingerprint density at radius 3 is 2.05 bits per heavy atom. The lowest BCUT2D eigenvalue weighted by molar-refractivity contribution is 0.250. The highest BCUT2D eigenvalue weighted by molar-refractivity contribution is 6.03. The van der Waals surface area contributed by atoms with Crippen molar-refractivity contribution < 1.29 is 4.79 Å². The molecule has 0 heterocycles. The van der Waals surface area contributed by atoms with Crippen molar-refractivity contribution >= 4 is 17.7 Å². The zero-order chi connectivity index (χ0) is 15.3. The number of aryl methyl sites for hydroxylation is 2. The Kier molecular flexibility index (Phi) is 5.55. The SMILES string of the molecule is CCc1cccc(CC)c1N(C)C(=O)NC(=N)N(C)C. The van der Waals surface area contributed by atoms with E-state index in [-0.39, 0.29) is 12.0 Å². The zero-order valence-electron chi connectivity index (χ0n) is 12.9. The van der Waals surface area contributed by atoms with Gasteiger partial charge in [-0.25, -0.2) is 4.79 Å². The molecule has 5 heteroatoms. The summed E-state index contributed by atoms with van der Waals surface area (Å²) in [6, 6.07) is 5.80. The summed E-state index contributed by atoms with van der Waals surface area (Å²) >= 11 is 0. The van der Waals surface area contributed by atoms with Crippen molar-refractivity contribution in [3.8, 4) is 0 Å². The summed E-state index contributed by atoms with van der Waals surface area (Å²) in [7, 11) is 5.19. The Morgan fingerprint density at radius 2 is 1.65 bits per heavy atom. The van der Waals surface area contributed by atoms with E-state index in [0.29, 0.717) is 0 Å². The Bertz CT molecular complexity index is 474. The maximum Gasteiger partial charge on any atom is 0.328 e. The first-order valence-corrected chi connectivity index (χ1v) is 6.83. The molecule has 0 saturated heterocycles. The van der Waals surface area contributed by atoms with Crippen molar-refractivity contribution in [2.24, 2.45) is 0 Å². The lowest BCUT2D eigenvalue weighted by Gasteiger charge is -2.25. The van der Waals surface area contributed by atoms with Gasteiger partial charge in [0.1, 0.15) is 0 Å². The van der Waals surface area contributed by atoms with Crippen LogP contribution in [0.1, 0.15) is 25.0 Å². The maximum atomic E-state index is 12.2. The van der Waals surface area contributed by atoms with Crippen LogP contribution in [0.3, 0.4) is 0 Å². The van der Waals surface area contributed by atoms with Gasteiger partial charge in [0.05, 0.1) is 5.69 Å². The molecule has 2 N–H and O–H groups in total. The van der Waals surface area contributed by atoms with Gasteiger partial charge in [-0.05, 0) is 24.0 Å². The third kappa shape index (κ3) is 3.50. The lowest BCUT2D eigenvalue weighted by Crippen LogP contribution is -2.46. The number of guanidine groups is 1. The zero-order valence-corrected chi connectivity index (χ0v) is 12.9. The van der Waals surface area contributed by atoms with E-state index in [0.717, 1.165) is 29.7 Å². The molecule has 0 aliphatic heterocycles. The van der Waals surface area contributed by atoms with Crippen LogP contribution in [0.5, 0.6) is 0 Å². The highest BCUT2D eigenvalue weighted by Gasteiger charge is 2.18. The molecule has 0 aliphatic rings. The quantitative estimate of drug-likeness (QED) is 0.658. The molecule has 0 atom stereocenters. The normalized spacial score (nSPS) is 10.1. The lowest BCUT2D eigenvalue weighted by atomic mass is 10.0. The molecule has 0 aromatic heterocycles. The first-order chi connectivity index (χ1) is 9.42. The molecule has 0 fully saturated rings. The molecule has 0 saturated carbocycles. The number of amides is 2. The number of nitrogens with zero attached hydrogens (tertiary/aromatic N) is 2. The number of rotatable bonds is 3. The molecule has 20 heavy (non-hydrogen) atoms. The monoisotopic (exact) mass is 276 g/mol. The summed E-state index contributed by atoms with van der Waals surface area (Å²) in [6.07, 6.45) is 1.73. The Hall–Kier alpha value is -2.04. The van der Waals surface area contributed by atoms with Gasteiger partial charge in [-0.1, -0.05) is 32.0 Å². The van der Waals surface area contributed by atoms with E-state index >= 15 is 0 Å². The van der Waals surface area contributed by atoms with Crippen LogP contribution in [-0.4, -0.2) is 38.0 Å². The molecule has 0 unspecified atom stereocenters. The van der Waals surface area contributed by atoms with E-state index in [4.69, 9.17) is 5.41 Å². The molecular formula is C15H24N4O. The van der Waals surface area contributed by atoms with Crippen molar-refractivity contribution in [1.29, 1.82) is 5.41 Å². The predicted octanol–water partition coefficient (Wildman–Crippen LogP) is 2.45. The number of hydrogen-bond donors (Lipinski definition) is 2. The topological polar surface area (TPSA) is 59.4 Å². The van der Waals surface area contributed by atoms with E-state index in [9.17, 15) is 4.79 Å². The third-order valence-electron chi connectivity index (χ3n) is 3.28. The van der Waals surface area contributed by atoms with Crippen LogP contribution >= 0.6 is 0 Å². The largest absolute Gasteiger partial charge is 0.349 e. The van der Waals surface area contributed by atoms with Crippen LogP contribution in [-0.2, 0) is 12.8 Å². The molecule has 5 nitrogen and oxygen atoms in total. The average molecular weight is 276 g/mol. The van der Waals surface area contributed by atoms with Crippen molar-refractivity contribution in [1.82, 2.24) is 10.2 Å². The second-order valence-electron chi connectivity index (χ2n) is 4.86. The van der Waals surface area contributed by atoms with Crippen molar-refractivity contribution in [3.63, 3.8) is 0 Å². The number of hydrogen-bond acceptors (Lipinski definition) is 2. The van der Waals surface area contributed by atoms with E-state index in [1.807, 2.05) is 18.2 Å². The average Bonchev–Trinajstić information content (AvgIpc) is 2.45. The number of urea groups is 1. The highest BCUT2D eigenvalue weighted by Crippen LogP contribution is 2.26. The number of carbonyl (C=O) groups excluding carboxylic acids is 1. The van der Waals surface area contributed by atoms with Crippen molar-refractivity contribution in [2.45, 2.75) is 26.7 Å². The van der Waals surface area contributed by atoms with Gasteiger partial charge in [0.25, 0.3) is 0 Å². The van der Waals surface area contributed by atoms with Crippen LogP contribution < -0.4 is 10.2 Å². The van der Waals surface area contributed by atoms with Crippen LogP contribution in [0.25, 0.3) is 0 Å². The van der Waals surface area contributed by atoms with E-state index in [1.165, 1.54) is 0 Å². The molecule has 0 radical (unpaired) electrons. The summed E-state index contributed by atoms with van der Waals surface area (Å²) in [5.74, 6) is 0.0777. The fourth-order valence-corrected chi connectivity index (χ4v) is 2.04. The standard InChI is InChI=1S/C15H24N4O/c1-6-11-9-8-10-12(7-2)13(11)19(5)15(20)17-14(16)18(3)4/h8-10H,6-7H2,1-5H3,(H2,16,17,20). The minimum Gasteiger partial charge on any atom is -0.349 e. The van der Waals surface area contributed by atoms with Crippen LogP contribution in [0, 0.1) is 5.41 Å². The smallest absolute Gasteiger partial charge is 0.328 e. The minimum atomic E-state index is -0.292. The third-order valence-corrected chi connectivity index (χ3v) is 3.28. The van der Waals surface area contributed by atoms with Crippen molar-refractivity contribution in [3.05, 3.63) is 29.3 Å². The molecule has 1 aromatic rings. The molecule has 0 spiro atoms. The summed E-state index contributed by atoms with van der Waals surface area (Å²) in [5.41, 5.74) is 3.22. The number of nitrogens with one attached hydrogen (secondary N) is 2. The molecule has 1 rings (SSSR count). The Balaban J connectivity index is 3.04. The second kappa shape index (κ2) is 6.93. The first kappa shape index (κ1) is 16.0. The number of para-hydroxylation sites is 1. The van der Waals surface area contributed by atoms with Gasteiger partial charge >= 0.3 is 6.03 Å². The summed E-state index contributed by atoms with van der Waals surface area (Å²) in [5, 5.41) is 10.3. The first-order valence-electron chi connectivity index (χ1n) is 6.83. The summed E-state index contributed by atoms with van der Waals surface area (Å²) < 4.78 is 0. The van der Waals surface area contributed by atoms with Gasteiger partial charge in [0.15, 0.2) is 5.96 Å². The Labute approximate surface area is 121 Å². The van der Waals surface area contributed by atoms with E-state index < -0.39 is 0 Å².